The maximum atomic E-state index is 12.0. The normalized spacial score (nSPS) is 13.6. The fourth-order valence-corrected chi connectivity index (χ4v) is 2.99. The fraction of sp³-hybridized carbons (Fsp3) is 0.455. The number of ether oxygens (including phenoxy) is 1. The van der Waals surface area contributed by atoms with Crippen molar-refractivity contribution in [3.63, 3.8) is 0 Å². The van der Waals surface area contributed by atoms with Crippen LogP contribution in [0.5, 0.6) is 0 Å². The van der Waals surface area contributed by atoms with E-state index in [1.165, 1.54) is 12.1 Å². The number of sulfone groups is 1. The van der Waals surface area contributed by atoms with Crippen LogP contribution in [0, 0.1) is 0 Å². The van der Waals surface area contributed by atoms with Gasteiger partial charge in [0, 0.05) is 18.2 Å². The van der Waals surface area contributed by atoms with Crippen LogP contribution in [0.4, 0.5) is 0 Å². The van der Waals surface area contributed by atoms with Gasteiger partial charge in [-0.1, -0.05) is 11.6 Å². The molecule has 1 rings (SSSR count). The molecule has 0 aliphatic carbocycles. The molecule has 1 aromatic rings. The second-order valence-corrected chi connectivity index (χ2v) is 6.02. The molecule has 0 saturated carbocycles. The lowest BCUT2D eigenvalue weighted by atomic mass is 10.4. The third kappa shape index (κ3) is 4.27. The lowest BCUT2D eigenvalue weighted by Gasteiger charge is -2.14. The first-order chi connectivity index (χ1) is 7.99. The number of hydrogen-bond donors (Lipinski definition) is 1. The van der Waals surface area contributed by atoms with Crippen LogP contribution >= 0.6 is 11.6 Å². The second kappa shape index (κ2) is 6.35. The van der Waals surface area contributed by atoms with Crippen LogP contribution in [0.3, 0.4) is 0 Å². The summed E-state index contributed by atoms with van der Waals surface area (Å²) in [6.07, 6.45) is -0.472. The molecule has 0 saturated heterocycles. The van der Waals surface area contributed by atoms with Gasteiger partial charge in [-0.15, -0.1) is 0 Å². The van der Waals surface area contributed by atoms with E-state index in [1.807, 2.05) is 0 Å². The maximum absolute atomic E-state index is 12.0. The zero-order chi connectivity index (χ0) is 12.9. The van der Waals surface area contributed by atoms with Crippen molar-refractivity contribution in [3.05, 3.63) is 29.3 Å². The molecule has 0 spiro atoms. The van der Waals surface area contributed by atoms with E-state index in [0.717, 1.165) is 0 Å². The highest BCUT2D eigenvalue weighted by Crippen LogP contribution is 2.16. The Morgan fingerprint density at radius 2 is 1.94 bits per heavy atom. The smallest absolute Gasteiger partial charge is 0.180 e. The van der Waals surface area contributed by atoms with Crippen LogP contribution < -0.4 is 5.73 Å². The summed E-state index contributed by atoms with van der Waals surface area (Å²) in [7, 11) is -3.37. The number of hydrogen-bond acceptors (Lipinski definition) is 4. The van der Waals surface area contributed by atoms with E-state index in [9.17, 15) is 8.42 Å². The predicted octanol–water partition coefficient (Wildman–Crippen LogP) is 1.48. The summed E-state index contributed by atoms with van der Waals surface area (Å²) in [4.78, 5) is 0.236. The molecule has 0 fully saturated rings. The minimum atomic E-state index is -3.37. The van der Waals surface area contributed by atoms with E-state index < -0.39 is 15.9 Å². The molecule has 0 amide bonds. The molecular weight excluding hydrogens is 262 g/mol. The van der Waals surface area contributed by atoms with Crippen LogP contribution in [0.15, 0.2) is 29.2 Å². The summed E-state index contributed by atoms with van der Waals surface area (Å²) in [5, 5.41) is 0.504. The summed E-state index contributed by atoms with van der Waals surface area (Å²) >= 11 is 5.70. The summed E-state index contributed by atoms with van der Waals surface area (Å²) in [6.45, 7) is 2.43. The molecule has 2 N–H and O–H groups in total. The Bertz CT molecular complexity index is 444. The van der Waals surface area contributed by atoms with Crippen molar-refractivity contribution in [1.29, 1.82) is 0 Å². The maximum Gasteiger partial charge on any atom is 0.180 e. The first-order valence-electron chi connectivity index (χ1n) is 5.29. The SMILES string of the molecule is CCOC(CN)CS(=O)(=O)c1ccc(Cl)cc1. The highest BCUT2D eigenvalue weighted by atomic mass is 35.5. The van der Waals surface area contributed by atoms with E-state index in [0.29, 0.717) is 11.6 Å². The van der Waals surface area contributed by atoms with Gasteiger partial charge < -0.3 is 10.5 Å². The van der Waals surface area contributed by atoms with Crippen molar-refractivity contribution in [2.75, 3.05) is 18.9 Å². The summed E-state index contributed by atoms with van der Waals surface area (Å²) in [5.41, 5.74) is 5.46. The quantitative estimate of drug-likeness (QED) is 0.855. The Hall–Kier alpha value is -0.620. The molecule has 6 heteroatoms. The fourth-order valence-electron chi connectivity index (χ4n) is 1.40. The first-order valence-corrected chi connectivity index (χ1v) is 7.32. The van der Waals surface area contributed by atoms with E-state index >= 15 is 0 Å². The molecule has 96 valence electrons. The predicted molar refractivity (Wildman–Crippen MR) is 68.0 cm³/mol. The van der Waals surface area contributed by atoms with Crippen molar-refractivity contribution >= 4 is 21.4 Å². The molecule has 0 bridgehead atoms. The number of nitrogens with two attached hydrogens (primary N) is 1. The lowest BCUT2D eigenvalue weighted by molar-refractivity contribution is 0.0846. The molecule has 4 nitrogen and oxygen atoms in total. The van der Waals surface area contributed by atoms with Gasteiger partial charge in [-0.2, -0.15) is 0 Å². The molecule has 1 atom stereocenters. The summed E-state index contributed by atoms with van der Waals surface area (Å²) in [5.74, 6) is -0.112. The average molecular weight is 278 g/mol. The van der Waals surface area contributed by atoms with Crippen molar-refractivity contribution in [3.8, 4) is 0 Å². The van der Waals surface area contributed by atoms with Gasteiger partial charge in [0.15, 0.2) is 9.84 Å². The summed E-state index contributed by atoms with van der Waals surface area (Å²) < 4.78 is 29.3. The van der Waals surface area contributed by atoms with Gasteiger partial charge in [0.1, 0.15) is 0 Å². The minimum absolute atomic E-state index is 0.112. The van der Waals surface area contributed by atoms with Gasteiger partial charge in [0.05, 0.1) is 16.8 Å². The zero-order valence-electron chi connectivity index (χ0n) is 9.60. The molecule has 0 aliphatic rings. The van der Waals surface area contributed by atoms with E-state index in [-0.39, 0.29) is 17.2 Å². The van der Waals surface area contributed by atoms with Crippen LogP contribution in [-0.2, 0) is 14.6 Å². The Morgan fingerprint density at radius 1 is 1.35 bits per heavy atom. The third-order valence-electron chi connectivity index (χ3n) is 2.24. The monoisotopic (exact) mass is 277 g/mol. The molecule has 17 heavy (non-hydrogen) atoms. The zero-order valence-corrected chi connectivity index (χ0v) is 11.2. The Morgan fingerprint density at radius 3 is 2.41 bits per heavy atom. The van der Waals surface area contributed by atoms with Crippen molar-refractivity contribution in [2.45, 2.75) is 17.9 Å². The van der Waals surface area contributed by atoms with Crippen LogP contribution in [0.1, 0.15) is 6.92 Å². The molecule has 1 unspecified atom stereocenters. The molecular formula is C11H16ClNO3S. The second-order valence-electron chi connectivity index (χ2n) is 3.55. The first kappa shape index (κ1) is 14.4. The Kier molecular flexibility index (Phi) is 5.39. The number of benzene rings is 1. The van der Waals surface area contributed by atoms with Crippen molar-refractivity contribution in [2.24, 2.45) is 5.73 Å². The van der Waals surface area contributed by atoms with Gasteiger partial charge in [0.25, 0.3) is 0 Å². The topological polar surface area (TPSA) is 69.4 Å². The van der Waals surface area contributed by atoms with E-state index in [1.54, 1.807) is 19.1 Å². The van der Waals surface area contributed by atoms with Crippen LogP contribution in [0.2, 0.25) is 5.02 Å². The molecule has 1 aromatic carbocycles. The number of rotatable bonds is 6. The number of halogens is 1. The Labute approximate surface area is 107 Å². The highest BCUT2D eigenvalue weighted by molar-refractivity contribution is 7.91. The van der Waals surface area contributed by atoms with Crippen molar-refractivity contribution < 1.29 is 13.2 Å². The Balaban J connectivity index is 2.84. The van der Waals surface area contributed by atoms with Gasteiger partial charge in [-0.05, 0) is 31.2 Å². The largest absolute Gasteiger partial charge is 0.376 e. The van der Waals surface area contributed by atoms with E-state index in [2.05, 4.69) is 0 Å². The van der Waals surface area contributed by atoms with Gasteiger partial charge in [-0.3, -0.25) is 0 Å². The lowest BCUT2D eigenvalue weighted by Crippen LogP contribution is -2.31. The van der Waals surface area contributed by atoms with Gasteiger partial charge in [-0.25, -0.2) is 8.42 Å². The van der Waals surface area contributed by atoms with Crippen molar-refractivity contribution in [1.82, 2.24) is 0 Å². The average Bonchev–Trinajstić information content (AvgIpc) is 2.28. The van der Waals surface area contributed by atoms with Crippen LogP contribution in [0.25, 0.3) is 0 Å². The highest BCUT2D eigenvalue weighted by Gasteiger charge is 2.20. The third-order valence-corrected chi connectivity index (χ3v) is 4.30. The molecule has 0 radical (unpaired) electrons. The molecule has 0 heterocycles. The van der Waals surface area contributed by atoms with Gasteiger partial charge in [0.2, 0.25) is 0 Å². The molecule has 0 aliphatic heterocycles. The van der Waals surface area contributed by atoms with E-state index in [4.69, 9.17) is 22.1 Å². The molecule has 0 aromatic heterocycles. The van der Waals surface area contributed by atoms with Crippen LogP contribution in [-0.4, -0.2) is 33.4 Å². The summed E-state index contributed by atoms with van der Waals surface area (Å²) in [6, 6.07) is 6.06. The standard InChI is InChI=1S/C11H16ClNO3S/c1-2-16-10(7-13)8-17(14,15)11-5-3-9(12)4-6-11/h3-6,10H,2,7-8,13H2,1H3. The van der Waals surface area contributed by atoms with Gasteiger partial charge >= 0.3 is 0 Å². The minimum Gasteiger partial charge on any atom is -0.376 e.